The minimum absolute atomic E-state index is 0.0239. The number of rotatable bonds is 5. The molecule has 4 nitrogen and oxygen atoms in total. The molecule has 0 N–H and O–H groups in total. The molecule has 0 radical (unpaired) electrons. The summed E-state index contributed by atoms with van der Waals surface area (Å²) in [5.41, 5.74) is 1.66. The van der Waals surface area contributed by atoms with Gasteiger partial charge in [-0.1, -0.05) is 40.2 Å². The topological polar surface area (TPSA) is 60.2 Å². The summed E-state index contributed by atoms with van der Waals surface area (Å²) >= 11 is 3.35. The number of nitrogens with zero attached hydrogens (tertiary/aromatic N) is 1. The molecule has 21 heavy (non-hydrogen) atoms. The maximum atomic E-state index is 12.0. The Morgan fingerprint density at radius 1 is 1.19 bits per heavy atom. The van der Waals surface area contributed by atoms with Crippen molar-refractivity contribution in [2.24, 2.45) is 0 Å². The van der Waals surface area contributed by atoms with E-state index < -0.39 is 15.7 Å². The zero-order chi connectivity index (χ0) is 15.2. The van der Waals surface area contributed by atoms with E-state index in [0.717, 1.165) is 10.0 Å². The van der Waals surface area contributed by atoms with Crippen molar-refractivity contribution in [3.8, 4) is 0 Å². The molecule has 2 aromatic rings. The Labute approximate surface area is 133 Å². The fraction of sp³-hybridized carbons (Fsp3) is 0.0667. The molecule has 0 spiro atoms. The van der Waals surface area contributed by atoms with Gasteiger partial charge in [-0.05, 0) is 29.3 Å². The lowest BCUT2D eigenvalue weighted by Crippen LogP contribution is -1.91. The molecule has 6 heteroatoms. The fourth-order valence-electron chi connectivity index (χ4n) is 1.69. The SMILES string of the molecule is O=[N+]([O-])c1cccc(/C=C/S(=O)Cc2ccc(Br)cc2)c1. The highest BCUT2D eigenvalue weighted by Crippen LogP contribution is 2.15. The van der Waals surface area contributed by atoms with E-state index in [1.54, 1.807) is 23.6 Å². The maximum Gasteiger partial charge on any atom is 0.270 e. The van der Waals surface area contributed by atoms with Crippen LogP contribution in [0.2, 0.25) is 0 Å². The summed E-state index contributed by atoms with van der Waals surface area (Å²) in [6, 6.07) is 13.8. The van der Waals surface area contributed by atoms with Gasteiger partial charge >= 0.3 is 0 Å². The Hall–Kier alpha value is -1.79. The van der Waals surface area contributed by atoms with Gasteiger partial charge in [-0.2, -0.15) is 0 Å². The molecule has 0 heterocycles. The van der Waals surface area contributed by atoms with E-state index in [-0.39, 0.29) is 5.69 Å². The van der Waals surface area contributed by atoms with E-state index in [2.05, 4.69) is 15.9 Å². The average molecular weight is 366 g/mol. The van der Waals surface area contributed by atoms with E-state index in [1.807, 2.05) is 24.3 Å². The largest absolute Gasteiger partial charge is 0.270 e. The predicted octanol–water partition coefficient (Wildman–Crippen LogP) is 4.28. The van der Waals surface area contributed by atoms with Crippen LogP contribution in [-0.4, -0.2) is 9.13 Å². The predicted molar refractivity (Wildman–Crippen MR) is 88.1 cm³/mol. The summed E-state index contributed by atoms with van der Waals surface area (Å²) in [5.74, 6) is 0.415. The number of nitro groups is 1. The first kappa shape index (κ1) is 15.6. The van der Waals surface area contributed by atoms with Crippen molar-refractivity contribution in [3.05, 3.63) is 79.7 Å². The lowest BCUT2D eigenvalue weighted by atomic mass is 10.2. The Balaban J connectivity index is 2.03. The number of halogens is 1. The zero-order valence-corrected chi connectivity index (χ0v) is 13.3. The van der Waals surface area contributed by atoms with Crippen molar-refractivity contribution >= 4 is 38.5 Å². The number of hydrogen-bond acceptors (Lipinski definition) is 3. The van der Waals surface area contributed by atoms with Crippen molar-refractivity contribution in [2.45, 2.75) is 5.75 Å². The van der Waals surface area contributed by atoms with Crippen LogP contribution in [-0.2, 0) is 16.6 Å². The molecule has 0 aliphatic rings. The molecule has 2 aromatic carbocycles. The Bertz CT molecular complexity index is 698. The zero-order valence-electron chi connectivity index (χ0n) is 10.9. The monoisotopic (exact) mass is 365 g/mol. The standard InChI is InChI=1S/C15H12BrNO3S/c16-14-6-4-13(5-7-14)11-21(20)9-8-12-2-1-3-15(10-12)17(18)19/h1-10H,11H2/b9-8+. The molecule has 0 saturated carbocycles. The van der Waals surface area contributed by atoms with Crippen molar-refractivity contribution in [2.75, 3.05) is 0 Å². The second-order valence-electron chi connectivity index (χ2n) is 4.31. The first-order valence-corrected chi connectivity index (χ1v) is 8.26. The van der Waals surface area contributed by atoms with Crippen molar-refractivity contribution in [1.82, 2.24) is 0 Å². The van der Waals surface area contributed by atoms with Gasteiger partial charge in [-0.15, -0.1) is 0 Å². The second-order valence-corrected chi connectivity index (χ2v) is 6.54. The minimum atomic E-state index is -1.16. The summed E-state index contributed by atoms with van der Waals surface area (Å²) in [6.45, 7) is 0. The van der Waals surface area contributed by atoms with Crippen LogP contribution in [0.4, 0.5) is 5.69 Å². The average Bonchev–Trinajstić information content (AvgIpc) is 2.48. The number of non-ortho nitro benzene ring substituents is 1. The summed E-state index contributed by atoms with van der Waals surface area (Å²) < 4.78 is 12.9. The van der Waals surface area contributed by atoms with Gasteiger partial charge in [0.25, 0.3) is 5.69 Å². The summed E-state index contributed by atoms with van der Waals surface area (Å²) in [6.07, 6.45) is 1.64. The van der Waals surface area contributed by atoms with Crippen LogP contribution in [0.15, 0.2) is 58.4 Å². The molecule has 0 amide bonds. The van der Waals surface area contributed by atoms with Gasteiger partial charge in [0, 0.05) is 22.0 Å². The van der Waals surface area contributed by atoms with E-state index >= 15 is 0 Å². The number of benzene rings is 2. The van der Waals surface area contributed by atoms with Crippen LogP contribution in [0.5, 0.6) is 0 Å². The van der Waals surface area contributed by atoms with Crippen LogP contribution in [0, 0.1) is 10.1 Å². The lowest BCUT2D eigenvalue weighted by Gasteiger charge is -1.99. The highest BCUT2D eigenvalue weighted by Gasteiger charge is 2.04. The summed E-state index contributed by atoms with van der Waals surface area (Å²) in [5, 5.41) is 12.2. The Morgan fingerprint density at radius 3 is 2.57 bits per heavy atom. The number of nitro benzene ring substituents is 1. The van der Waals surface area contributed by atoms with Gasteiger partial charge in [-0.3, -0.25) is 14.3 Å². The molecule has 0 aliphatic heterocycles. The van der Waals surface area contributed by atoms with Crippen molar-refractivity contribution in [3.63, 3.8) is 0 Å². The number of hydrogen-bond donors (Lipinski definition) is 0. The lowest BCUT2D eigenvalue weighted by molar-refractivity contribution is -0.384. The van der Waals surface area contributed by atoms with Crippen LogP contribution in [0.25, 0.3) is 6.08 Å². The van der Waals surface area contributed by atoms with Crippen LogP contribution in [0.1, 0.15) is 11.1 Å². The van der Waals surface area contributed by atoms with E-state index in [9.17, 15) is 14.3 Å². The van der Waals surface area contributed by atoms with Gasteiger partial charge in [-0.25, -0.2) is 0 Å². The van der Waals surface area contributed by atoms with Gasteiger partial charge in [0.05, 0.1) is 21.5 Å². The third kappa shape index (κ3) is 4.91. The van der Waals surface area contributed by atoms with Crippen molar-refractivity contribution < 1.29 is 9.13 Å². The molecule has 0 fully saturated rings. The Kier molecular flexibility index (Phi) is 5.41. The van der Waals surface area contributed by atoms with Crippen molar-refractivity contribution in [1.29, 1.82) is 0 Å². The van der Waals surface area contributed by atoms with Gasteiger partial charge < -0.3 is 0 Å². The third-order valence-electron chi connectivity index (χ3n) is 2.72. The molecular formula is C15H12BrNO3S. The fourth-order valence-corrected chi connectivity index (χ4v) is 2.88. The quantitative estimate of drug-likeness (QED) is 0.586. The first-order valence-electron chi connectivity index (χ1n) is 6.09. The van der Waals surface area contributed by atoms with Gasteiger partial charge in [0.15, 0.2) is 0 Å². The van der Waals surface area contributed by atoms with Crippen LogP contribution < -0.4 is 0 Å². The molecular weight excluding hydrogens is 354 g/mol. The van der Waals surface area contributed by atoms with Crippen LogP contribution in [0.3, 0.4) is 0 Å². The highest BCUT2D eigenvalue weighted by molar-refractivity contribution is 9.10. The van der Waals surface area contributed by atoms with E-state index in [1.165, 1.54) is 12.1 Å². The maximum absolute atomic E-state index is 12.0. The molecule has 0 aliphatic carbocycles. The van der Waals surface area contributed by atoms with Gasteiger partial charge in [0.2, 0.25) is 0 Å². The molecule has 0 aromatic heterocycles. The molecule has 2 rings (SSSR count). The molecule has 0 bridgehead atoms. The summed E-state index contributed by atoms with van der Waals surface area (Å²) in [7, 11) is -1.16. The second kappa shape index (κ2) is 7.28. The molecule has 1 unspecified atom stereocenters. The first-order chi connectivity index (χ1) is 10.0. The van der Waals surface area contributed by atoms with E-state index in [0.29, 0.717) is 11.3 Å². The van der Waals surface area contributed by atoms with E-state index in [4.69, 9.17) is 0 Å². The highest BCUT2D eigenvalue weighted by atomic mass is 79.9. The van der Waals surface area contributed by atoms with Crippen LogP contribution >= 0.6 is 15.9 Å². The molecule has 0 saturated heterocycles. The molecule has 1 atom stereocenters. The summed E-state index contributed by atoms with van der Waals surface area (Å²) in [4.78, 5) is 10.2. The normalized spacial score (nSPS) is 12.4. The Morgan fingerprint density at radius 2 is 1.90 bits per heavy atom. The van der Waals surface area contributed by atoms with Gasteiger partial charge in [0.1, 0.15) is 0 Å². The third-order valence-corrected chi connectivity index (χ3v) is 4.30. The minimum Gasteiger partial charge on any atom is -0.258 e. The molecule has 108 valence electrons. The smallest absolute Gasteiger partial charge is 0.258 e.